The number of aryl methyl sites for hydroxylation is 1. The maximum Gasteiger partial charge on any atom is 0.421 e. The molecule has 4 rings (SSSR count). The number of likely N-dealkylation sites (tertiary alicyclic amines) is 1. The van der Waals surface area contributed by atoms with Crippen LogP contribution in [0.15, 0.2) is 12.4 Å². The van der Waals surface area contributed by atoms with Crippen LogP contribution in [0.3, 0.4) is 0 Å². The second-order valence-corrected chi connectivity index (χ2v) is 10.4. The molecule has 2 aliphatic heterocycles. The highest BCUT2D eigenvalue weighted by Crippen LogP contribution is 2.34. The highest BCUT2D eigenvalue weighted by atomic mass is 19.4. The van der Waals surface area contributed by atoms with Crippen LogP contribution in [0.25, 0.3) is 0 Å². The third-order valence-corrected chi connectivity index (χ3v) is 6.82. The molecule has 2 fully saturated rings. The Kier molecular flexibility index (Phi) is 7.81. The van der Waals surface area contributed by atoms with Crippen LogP contribution >= 0.6 is 0 Å². The summed E-state index contributed by atoms with van der Waals surface area (Å²) in [6.45, 7) is 8.62. The lowest BCUT2D eigenvalue weighted by atomic mass is 10.0. The van der Waals surface area contributed by atoms with Crippen molar-refractivity contribution in [2.45, 2.75) is 64.3 Å². The van der Waals surface area contributed by atoms with Crippen LogP contribution in [0.5, 0.6) is 0 Å². The van der Waals surface area contributed by atoms with Crippen molar-refractivity contribution in [1.82, 2.24) is 29.5 Å². The number of nitrogens with zero attached hydrogens (tertiary/aromatic N) is 6. The van der Waals surface area contributed by atoms with E-state index in [0.717, 1.165) is 32.1 Å². The first kappa shape index (κ1) is 27.0. The van der Waals surface area contributed by atoms with Gasteiger partial charge in [0.25, 0.3) is 0 Å². The molecule has 4 heterocycles. The molecule has 0 aliphatic carbocycles. The van der Waals surface area contributed by atoms with Gasteiger partial charge in [0.05, 0.1) is 17.4 Å². The summed E-state index contributed by atoms with van der Waals surface area (Å²) in [6, 6.07) is 0.277. The number of cyclic esters (lactones) is 1. The van der Waals surface area contributed by atoms with Gasteiger partial charge in [-0.1, -0.05) is 0 Å². The number of anilines is 3. The minimum atomic E-state index is -4.61. The molecular weight excluding hydrogens is 489 g/mol. The standard InChI is InChI=1S/C24H35F3N8O2/c1-16-19(15-35(32-16)17-6-11-33(4)12-7-17)30-21-29-14-18(24(25,26)27)20(31-21)28-9-5-10-34-13-8-23(2,3)37-22(34)36/h14-15,17H,5-13H2,1-4H3,(H2,28,29,30,31). The summed E-state index contributed by atoms with van der Waals surface area (Å²) in [6.07, 6.45) is 0.705. The van der Waals surface area contributed by atoms with E-state index in [1.54, 1.807) is 4.90 Å². The van der Waals surface area contributed by atoms with E-state index in [9.17, 15) is 18.0 Å². The van der Waals surface area contributed by atoms with E-state index >= 15 is 0 Å². The number of halogens is 3. The number of aromatic nitrogens is 4. The van der Waals surface area contributed by atoms with Crippen molar-refractivity contribution in [1.29, 1.82) is 0 Å². The van der Waals surface area contributed by atoms with Crippen LogP contribution in [0.1, 0.15) is 56.8 Å². The number of ether oxygens (including phenoxy) is 1. The van der Waals surface area contributed by atoms with Crippen molar-refractivity contribution in [2.24, 2.45) is 0 Å². The Morgan fingerprint density at radius 2 is 1.95 bits per heavy atom. The molecule has 1 amide bonds. The second kappa shape index (κ2) is 10.7. The van der Waals surface area contributed by atoms with Crippen LogP contribution < -0.4 is 10.6 Å². The van der Waals surface area contributed by atoms with Gasteiger partial charge in [0, 0.05) is 38.4 Å². The Morgan fingerprint density at radius 3 is 2.62 bits per heavy atom. The Bertz CT molecular complexity index is 1100. The van der Waals surface area contributed by atoms with Gasteiger partial charge in [0.15, 0.2) is 0 Å². The van der Waals surface area contributed by atoms with E-state index < -0.39 is 23.4 Å². The fourth-order valence-electron chi connectivity index (χ4n) is 4.48. The summed E-state index contributed by atoms with van der Waals surface area (Å²) in [5.74, 6) is -0.268. The van der Waals surface area contributed by atoms with Gasteiger partial charge in [-0.2, -0.15) is 23.3 Å². The molecule has 2 aromatic rings. The lowest BCUT2D eigenvalue weighted by Gasteiger charge is -2.36. The molecule has 37 heavy (non-hydrogen) atoms. The number of alkyl halides is 3. The van der Waals surface area contributed by atoms with Crippen LogP contribution in [0, 0.1) is 6.92 Å². The molecule has 0 spiro atoms. The Morgan fingerprint density at radius 1 is 1.22 bits per heavy atom. The Hall–Kier alpha value is -3.09. The third kappa shape index (κ3) is 6.82. The fourth-order valence-corrected chi connectivity index (χ4v) is 4.48. The van der Waals surface area contributed by atoms with Gasteiger partial charge in [0.1, 0.15) is 17.0 Å². The zero-order chi connectivity index (χ0) is 26.8. The molecule has 0 radical (unpaired) electrons. The SMILES string of the molecule is Cc1nn(C2CCN(C)CC2)cc1Nc1ncc(C(F)(F)F)c(NCCCN2CCC(C)(C)OC2=O)n1. The summed E-state index contributed by atoms with van der Waals surface area (Å²) in [7, 11) is 2.09. The van der Waals surface area contributed by atoms with E-state index in [-0.39, 0.29) is 24.4 Å². The molecule has 2 saturated heterocycles. The Balaban J connectivity index is 1.40. The van der Waals surface area contributed by atoms with Gasteiger partial charge in [-0.05, 0) is 60.2 Å². The minimum absolute atomic E-state index is 0.0448. The molecule has 2 aliphatic rings. The van der Waals surface area contributed by atoms with Crippen LogP contribution in [-0.2, 0) is 10.9 Å². The number of carbonyl (C=O) groups is 1. The smallest absolute Gasteiger partial charge is 0.421 e. The average molecular weight is 525 g/mol. The van der Waals surface area contributed by atoms with Crippen LogP contribution in [0.2, 0.25) is 0 Å². The molecule has 0 saturated carbocycles. The highest BCUT2D eigenvalue weighted by molar-refractivity contribution is 5.69. The second-order valence-electron chi connectivity index (χ2n) is 10.4. The number of nitrogens with one attached hydrogen (secondary N) is 2. The van der Waals surface area contributed by atoms with E-state index in [0.29, 0.717) is 37.3 Å². The number of hydrogen-bond donors (Lipinski definition) is 2. The zero-order valence-electron chi connectivity index (χ0n) is 21.7. The van der Waals surface area contributed by atoms with Crippen molar-refractivity contribution < 1.29 is 22.7 Å². The summed E-state index contributed by atoms with van der Waals surface area (Å²) in [5.41, 5.74) is -0.0830. The maximum absolute atomic E-state index is 13.6. The van der Waals surface area contributed by atoms with Crippen molar-refractivity contribution >= 4 is 23.5 Å². The molecule has 2 aromatic heterocycles. The largest absolute Gasteiger partial charge is 0.443 e. The molecule has 0 unspecified atom stereocenters. The number of rotatable bonds is 8. The first-order valence-corrected chi connectivity index (χ1v) is 12.6. The molecule has 0 aromatic carbocycles. The van der Waals surface area contributed by atoms with E-state index in [1.165, 1.54) is 0 Å². The summed E-state index contributed by atoms with van der Waals surface area (Å²) in [4.78, 5) is 24.0. The first-order chi connectivity index (χ1) is 17.4. The van der Waals surface area contributed by atoms with E-state index in [4.69, 9.17) is 4.74 Å². The fraction of sp³-hybridized carbons (Fsp3) is 0.667. The molecule has 2 N–H and O–H groups in total. The van der Waals surface area contributed by atoms with Crippen molar-refractivity contribution in [3.05, 3.63) is 23.7 Å². The number of hydrogen-bond acceptors (Lipinski definition) is 8. The number of piperidine rings is 1. The first-order valence-electron chi connectivity index (χ1n) is 12.6. The molecule has 0 bridgehead atoms. The summed E-state index contributed by atoms with van der Waals surface area (Å²) >= 11 is 0. The molecule has 13 heteroatoms. The van der Waals surface area contributed by atoms with Gasteiger partial charge in [0.2, 0.25) is 5.95 Å². The zero-order valence-corrected chi connectivity index (χ0v) is 21.7. The molecule has 204 valence electrons. The van der Waals surface area contributed by atoms with Crippen molar-refractivity contribution in [2.75, 3.05) is 50.4 Å². The van der Waals surface area contributed by atoms with Crippen molar-refractivity contribution in [3.63, 3.8) is 0 Å². The lowest BCUT2D eigenvalue weighted by Crippen LogP contribution is -2.47. The van der Waals surface area contributed by atoms with Gasteiger partial charge >= 0.3 is 12.3 Å². The predicted octanol–water partition coefficient (Wildman–Crippen LogP) is 4.43. The lowest BCUT2D eigenvalue weighted by molar-refractivity contribution is -0.137. The predicted molar refractivity (Wildman–Crippen MR) is 133 cm³/mol. The van der Waals surface area contributed by atoms with E-state index in [1.807, 2.05) is 31.6 Å². The third-order valence-electron chi connectivity index (χ3n) is 6.82. The number of carbonyl (C=O) groups excluding carboxylic acids is 1. The van der Waals surface area contributed by atoms with Gasteiger partial charge in [-0.3, -0.25) is 4.68 Å². The average Bonchev–Trinajstić information content (AvgIpc) is 3.17. The molecule has 10 nitrogen and oxygen atoms in total. The van der Waals surface area contributed by atoms with Crippen molar-refractivity contribution in [3.8, 4) is 0 Å². The van der Waals surface area contributed by atoms with E-state index in [2.05, 4.69) is 37.6 Å². The summed E-state index contributed by atoms with van der Waals surface area (Å²) in [5, 5.41) is 10.4. The molecular formula is C24H35F3N8O2. The van der Waals surface area contributed by atoms with Gasteiger partial charge in [-0.25, -0.2) is 9.78 Å². The highest BCUT2D eigenvalue weighted by Gasteiger charge is 2.36. The summed E-state index contributed by atoms with van der Waals surface area (Å²) < 4.78 is 48.1. The monoisotopic (exact) mass is 524 g/mol. The molecule has 0 atom stereocenters. The minimum Gasteiger partial charge on any atom is -0.443 e. The number of amides is 1. The maximum atomic E-state index is 13.6. The van der Waals surface area contributed by atoms with Crippen LogP contribution in [0.4, 0.5) is 35.4 Å². The van der Waals surface area contributed by atoms with Crippen LogP contribution in [-0.4, -0.2) is 81.0 Å². The Labute approximate surface area is 214 Å². The van der Waals surface area contributed by atoms with Gasteiger partial charge < -0.3 is 25.2 Å². The normalized spacial score (nSPS) is 19.1. The van der Waals surface area contributed by atoms with Gasteiger partial charge in [-0.15, -0.1) is 0 Å². The quantitative estimate of drug-likeness (QED) is 0.489. The topological polar surface area (TPSA) is 100 Å².